The molecule has 12 heteroatoms. The lowest BCUT2D eigenvalue weighted by Gasteiger charge is -2.23. The second-order valence-electron chi connectivity index (χ2n) is 17.5. The molecule has 9 nitrogen and oxygen atoms in total. The lowest BCUT2D eigenvalue weighted by Crippen LogP contribution is -2.16. The van der Waals surface area contributed by atoms with E-state index in [0.29, 0.717) is 105 Å². The standard InChI is InChI=1S/C62H32F3N9/c1-68-44-24-26-45(43(30-44)36-67)40-22-27-54-49(31-40)47-17-9-11-19-52(47)73(54)56-33-42(61-71-59(38-13-5-3-6-14-38)70-60(72-61)39-15-7-4-8-16-39)34-57(58(56)62(63,64)65)74-53-20-12-10-18-48(53)50-32-41(23-28-55(50)74)46-25-21-37(35-66)29-51(46)69-2/h3-34H. The molecule has 0 radical (unpaired) electrons. The molecule has 0 bridgehead atoms. The van der Waals surface area contributed by atoms with Crippen LogP contribution in [0.15, 0.2) is 194 Å². The van der Waals surface area contributed by atoms with E-state index in [2.05, 4.69) is 21.8 Å². The minimum atomic E-state index is -4.97. The molecular weight excluding hydrogens is 928 g/mol. The Labute approximate surface area is 420 Å². The summed E-state index contributed by atoms with van der Waals surface area (Å²) in [6.45, 7) is 15.5. The molecule has 3 aromatic heterocycles. The Balaban J connectivity index is 1.20. The van der Waals surface area contributed by atoms with Crippen molar-refractivity contribution in [1.29, 1.82) is 10.5 Å². The first-order chi connectivity index (χ1) is 36.1. The first kappa shape index (κ1) is 44.5. The second-order valence-corrected chi connectivity index (χ2v) is 17.5. The molecule has 0 aliphatic heterocycles. The molecule has 346 valence electrons. The number of alkyl halides is 3. The number of hydrogen-bond acceptors (Lipinski definition) is 5. The van der Waals surface area contributed by atoms with Crippen molar-refractivity contribution in [3.63, 3.8) is 0 Å². The van der Waals surface area contributed by atoms with Crippen molar-refractivity contribution in [2.24, 2.45) is 0 Å². The van der Waals surface area contributed by atoms with Crippen LogP contribution >= 0.6 is 0 Å². The van der Waals surface area contributed by atoms with Crippen LogP contribution in [0.4, 0.5) is 24.5 Å². The van der Waals surface area contributed by atoms with Crippen molar-refractivity contribution in [1.82, 2.24) is 24.1 Å². The minimum Gasteiger partial charge on any atom is -0.309 e. The molecular formula is C62H32F3N9. The van der Waals surface area contributed by atoms with Crippen LogP contribution in [0.25, 0.3) is 121 Å². The van der Waals surface area contributed by atoms with Crippen molar-refractivity contribution in [3.8, 4) is 79.9 Å². The summed E-state index contributed by atoms with van der Waals surface area (Å²) in [5.74, 6) is 0.794. The van der Waals surface area contributed by atoms with E-state index in [0.717, 1.165) is 0 Å². The van der Waals surface area contributed by atoms with E-state index in [1.165, 1.54) is 24.3 Å². The van der Waals surface area contributed by atoms with Crippen molar-refractivity contribution in [3.05, 3.63) is 234 Å². The maximum Gasteiger partial charge on any atom is 0.420 e. The minimum absolute atomic E-state index is 0.138. The molecule has 9 aromatic carbocycles. The lowest BCUT2D eigenvalue weighted by atomic mass is 9.98. The van der Waals surface area contributed by atoms with Gasteiger partial charge in [0.1, 0.15) is 5.56 Å². The predicted octanol–water partition coefficient (Wildman–Crippen LogP) is 16.3. The van der Waals surface area contributed by atoms with Gasteiger partial charge in [-0.1, -0.05) is 127 Å². The molecule has 12 rings (SSSR count). The van der Waals surface area contributed by atoms with E-state index < -0.39 is 11.7 Å². The van der Waals surface area contributed by atoms with Gasteiger partial charge < -0.3 is 9.13 Å². The van der Waals surface area contributed by atoms with Gasteiger partial charge in [-0.15, -0.1) is 0 Å². The largest absolute Gasteiger partial charge is 0.420 e. The first-order valence-electron chi connectivity index (χ1n) is 23.2. The Bertz CT molecular complexity index is 4200. The Kier molecular flexibility index (Phi) is 10.6. The third-order valence-corrected chi connectivity index (χ3v) is 13.3. The summed E-state index contributed by atoms with van der Waals surface area (Å²) in [4.78, 5) is 22.2. The molecule has 0 atom stereocenters. The van der Waals surface area contributed by atoms with Gasteiger partial charge in [0.15, 0.2) is 28.8 Å². The molecule has 0 amide bonds. The number of hydrogen-bond donors (Lipinski definition) is 0. The van der Waals surface area contributed by atoms with Crippen LogP contribution in [0.2, 0.25) is 0 Å². The number of nitrogens with zero attached hydrogens (tertiary/aromatic N) is 9. The maximum atomic E-state index is 16.9. The Hall–Kier alpha value is -10.7. The van der Waals surface area contributed by atoms with Gasteiger partial charge in [0.2, 0.25) is 0 Å². The van der Waals surface area contributed by atoms with Gasteiger partial charge in [-0.05, 0) is 89.0 Å². The quantitative estimate of drug-likeness (QED) is 0.148. The van der Waals surface area contributed by atoms with Crippen LogP contribution in [-0.4, -0.2) is 24.1 Å². The molecule has 0 N–H and O–H groups in total. The van der Waals surface area contributed by atoms with Crippen LogP contribution in [0.3, 0.4) is 0 Å². The number of para-hydroxylation sites is 2. The fourth-order valence-electron chi connectivity index (χ4n) is 10.0. The van der Waals surface area contributed by atoms with Gasteiger partial charge >= 0.3 is 6.18 Å². The fraction of sp³-hybridized carbons (Fsp3) is 0.0161. The zero-order valence-corrected chi connectivity index (χ0v) is 38.6. The predicted molar refractivity (Wildman–Crippen MR) is 283 cm³/mol. The number of fused-ring (bicyclic) bond motifs is 6. The van der Waals surface area contributed by atoms with Gasteiger partial charge in [-0.2, -0.15) is 23.7 Å². The van der Waals surface area contributed by atoms with E-state index in [1.807, 2.05) is 97.1 Å². The average molecular weight is 960 g/mol. The Morgan fingerprint density at radius 3 is 1.42 bits per heavy atom. The molecule has 74 heavy (non-hydrogen) atoms. The third kappa shape index (κ3) is 7.43. The average Bonchev–Trinajstić information content (AvgIpc) is 3.97. The van der Waals surface area contributed by atoms with E-state index in [-0.39, 0.29) is 28.5 Å². The highest BCUT2D eigenvalue weighted by atomic mass is 19.4. The Morgan fingerprint density at radius 2 is 0.919 bits per heavy atom. The van der Waals surface area contributed by atoms with Gasteiger partial charge in [0, 0.05) is 49.4 Å². The Morgan fingerprint density at radius 1 is 0.432 bits per heavy atom. The summed E-state index contributed by atoms with van der Waals surface area (Å²) in [7, 11) is 0. The van der Waals surface area contributed by atoms with Crippen molar-refractivity contribution in [2.45, 2.75) is 6.18 Å². The molecule has 0 fully saturated rings. The second kappa shape index (κ2) is 17.6. The summed E-state index contributed by atoms with van der Waals surface area (Å²) >= 11 is 0. The van der Waals surface area contributed by atoms with Crippen LogP contribution < -0.4 is 0 Å². The monoisotopic (exact) mass is 959 g/mol. The van der Waals surface area contributed by atoms with E-state index >= 15 is 13.2 Å². The number of rotatable bonds is 7. The topological polar surface area (TPSA) is 105 Å². The van der Waals surface area contributed by atoms with Crippen molar-refractivity contribution in [2.75, 3.05) is 0 Å². The molecule has 3 heterocycles. The van der Waals surface area contributed by atoms with E-state index in [4.69, 9.17) is 28.1 Å². The number of halogens is 3. The van der Waals surface area contributed by atoms with Gasteiger partial charge in [0.05, 0.1) is 58.7 Å². The third-order valence-electron chi connectivity index (χ3n) is 13.3. The molecule has 0 aliphatic rings. The van der Waals surface area contributed by atoms with Crippen molar-refractivity contribution >= 4 is 55.0 Å². The highest BCUT2D eigenvalue weighted by Gasteiger charge is 2.40. The zero-order valence-electron chi connectivity index (χ0n) is 38.6. The van der Waals surface area contributed by atoms with Gasteiger partial charge in [-0.3, -0.25) is 0 Å². The normalized spacial score (nSPS) is 11.4. The zero-order chi connectivity index (χ0) is 50.7. The van der Waals surface area contributed by atoms with Gasteiger partial charge in [0.25, 0.3) is 0 Å². The van der Waals surface area contributed by atoms with Crippen LogP contribution in [0, 0.1) is 35.8 Å². The maximum absolute atomic E-state index is 16.9. The van der Waals surface area contributed by atoms with Crippen LogP contribution in [0.1, 0.15) is 16.7 Å². The highest BCUT2D eigenvalue weighted by molar-refractivity contribution is 6.12. The first-order valence-corrected chi connectivity index (χ1v) is 23.2. The summed E-state index contributed by atoms with van der Waals surface area (Å²) in [5.41, 5.74) is 5.95. The summed E-state index contributed by atoms with van der Waals surface area (Å²) in [6, 6.07) is 61.2. The van der Waals surface area contributed by atoms with E-state index in [9.17, 15) is 10.5 Å². The smallest absolute Gasteiger partial charge is 0.309 e. The number of aromatic nitrogens is 5. The SMILES string of the molecule is [C-]#[N+]c1ccc(-c2ccc3c(c2)c2ccccc2n3-c2cc(-c3nc(-c4ccccc4)nc(-c4ccccc4)n3)cc(-n3c4ccccc4c4cc(-c5ccc(C#N)cc5[N+]#[C-])ccc43)c2C(F)(F)F)c(C#N)c1. The summed E-state index contributed by atoms with van der Waals surface area (Å²) in [6.07, 6.45) is -4.97. The molecule has 0 saturated carbocycles. The number of benzene rings is 9. The van der Waals surface area contributed by atoms with Crippen LogP contribution in [0.5, 0.6) is 0 Å². The molecule has 0 aliphatic carbocycles. The summed E-state index contributed by atoms with van der Waals surface area (Å²) in [5, 5.41) is 22.4. The molecule has 0 spiro atoms. The summed E-state index contributed by atoms with van der Waals surface area (Å²) < 4.78 is 53.9. The van der Waals surface area contributed by atoms with Crippen LogP contribution in [-0.2, 0) is 6.18 Å². The molecule has 12 aromatic rings. The molecule has 0 unspecified atom stereocenters. The number of nitriles is 2. The highest BCUT2D eigenvalue weighted by Crippen LogP contribution is 2.47. The van der Waals surface area contributed by atoms with E-state index in [1.54, 1.807) is 81.9 Å². The fourth-order valence-corrected chi connectivity index (χ4v) is 10.0. The van der Waals surface area contributed by atoms with Crippen molar-refractivity contribution < 1.29 is 13.2 Å². The van der Waals surface area contributed by atoms with Gasteiger partial charge in [-0.25, -0.2) is 24.6 Å². The molecule has 0 saturated heterocycles. The lowest BCUT2D eigenvalue weighted by molar-refractivity contribution is -0.137.